The minimum Gasteiger partial charge on any atom is -0.358 e. The van der Waals surface area contributed by atoms with E-state index in [0.29, 0.717) is 5.15 Å². The first kappa shape index (κ1) is 9.26. The number of nitrogens with zero attached hydrogens (tertiary/aromatic N) is 3. The molecule has 1 heterocycles. The Labute approximate surface area is 77.4 Å². The zero-order valence-electron chi connectivity index (χ0n) is 7.29. The van der Waals surface area contributed by atoms with Crippen molar-refractivity contribution in [3.8, 4) is 0 Å². The van der Waals surface area contributed by atoms with Gasteiger partial charge in [-0.3, -0.25) is 4.98 Å². The van der Waals surface area contributed by atoms with Crippen LogP contribution < -0.4 is 4.90 Å². The first-order chi connectivity index (χ1) is 5.74. The van der Waals surface area contributed by atoms with E-state index in [-0.39, 0.29) is 0 Å². The van der Waals surface area contributed by atoms with Crippen LogP contribution in [-0.2, 0) is 0 Å². The Hall–Kier alpha value is -0.830. The number of aromatic nitrogens is 2. The maximum atomic E-state index is 5.69. The van der Waals surface area contributed by atoms with Crippen LogP contribution in [0.5, 0.6) is 0 Å². The molecule has 0 N–H and O–H groups in total. The monoisotopic (exact) mass is 185 g/mol. The Bertz CT molecular complexity index is 252. The average molecular weight is 186 g/mol. The SMILES string of the molecule is CCCN(C)c1cncc(Cl)n1. The third-order valence-corrected chi connectivity index (χ3v) is 1.72. The van der Waals surface area contributed by atoms with Crippen molar-refractivity contribution in [3.63, 3.8) is 0 Å². The van der Waals surface area contributed by atoms with Crippen molar-refractivity contribution in [2.24, 2.45) is 0 Å². The zero-order chi connectivity index (χ0) is 8.97. The van der Waals surface area contributed by atoms with Crippen LogP contribution in [0, 0.1) is 0 Å². The minimum absolute atomic E-state index is 0.440. The number of rotatable bonds is 3. The number of anilines is 1. The van der Waals surface area contributed by atoms with E-state index in [9.17, 15) is 0 Å². The molecule has 1 aromatic rings. The molecule has 0 fully saturated rings. The van der Waals surface area contributed by atoms with Gasteiger partial charge in [0.15, 0.2) is 0 Å². The number of hydrogen-bond donors (Lipinski definition) is 0. The van der Waals surface area contributed by atoms with Crippen molar-refractivity contribution in [1.29, 1.82) is 0 Å². The van der Waals surface area contributed by atoms with Crippen molar-refractivity contribution < 1.29 is 0 Å². The summed E-state index contributed by atoms with van der Waals surface area (Å²) < 4.78 is 0. The maximum absolute atomic E-state index is 5.69. The Balaban J connectivity index is 2.73. The van der Waals surface area contributed by atoms with Crippen LogP contribution in [0.3, 0.4) is 0 Å². The van der Waals surface area contributed by atoms with E-state index in [1.165, 1.54) is 6.20 Å². The van der Waals surface area contributed by atoms with Crippen LogP contribution in [0.25, 0.3) is 0 Å². The zero-order valence-corrected chi connectivity index (χ0v) is 8.04. The van der Waals surface area contributed by atoms with Gasteiger partial charge in [-0.2, -0.15) is 0 Å². The molecule has 0 aliphatic rings. The number of hydrogen-bond acceptors (Lipinski definition) is 3. The van der Waals surface area contributed by atoms with E-state index in [1.807, 2.05) is 11.9 Å². The highest BCUT2D eigenvalue weighted by molar-refractivity contribution is 6.29. The number of halogens is 1. The summed E-state index contributed by atoms with van der Waals surface area (Å²) in [7, 11) is 1.98. The van der Waals surface area contributed by atoms with Gasteiger partial charge in [0.1, 0.15) is 11.0 Å². The van der Waals surface area contributed by atoms with E-state index in [1.54, 1.807) is 6.20 Å². The third kappa shape index (κ3) is 2.34. The van der Waals surface area contributed by atoms with Crippen LogP contribution in [0.1, 0.15) is 13.3 Å². The van der Waals surface area contributed by atoms with Gasteiger partial charge >= 0.3 is 0 Å². The van der Waals surface area contributed by atoms with Crippen LogP contribution in [0.2, 0.25) is 5.15 Å². The molecule has 0 amide bonds. The second-order valence-corrected chi connectivity index (χ2v) is 3.01. The first-order valence-corrected chi connectivity index (χ1v) is 4.30. The summed E-state index contributed by atoms with van der Waals surface area (Å²) in [5.74, 6) is 0.823. The smallest absolute Gasteiger partial charge is 0.149 e. The fourth-order valence-electron chi connectivity index (χ4n) is 0.966. The quantitative estimate of drug-likeness (QED) is 0.721. The highest BCUT2D eigenvalue weighted by atomic mass is 35.5. The van der Waals surface area contributed by atoms with Gasteiger partial charge in [-0.15, -0.1) is 0 Å². The molecular weight excluding hydrogens is 174 g/mol. The Morgan fingerprint density at radius 2 is 2.25 bits per heavy atom. The maximum Gasteiger partial charge on any atom is 0.149 e. The van der Waals surface area contributed by atoms with Crippen molar-refractivity contribution in [2.75, 3.05) is 18.5 Å². The average Bonchev–Trinajstić information content (AvgIpc) is 2.05. The van der Waals surface area contributed by atoms with E-state index < -0.39 is 0 Å². The predicted octanol–water partition coefficient (Wildman–Crippen LogP) is 1.98. The molecule has 12 heavy (non-hydrogen) atoms. The molecule has 1 aromatic heterocycles. The lowest BCUT2D eigenvalue weighted by Crippen LogP contribution is -2.19. The van der Waals surface area contributed by atoms with Crippen LogP contribution in [0.4, 0.5) is 5.82 Å². The summed E-state index contributed by atoms with van der Waals surface area (Å²) in [5.41, 5.74) is 0. The summed E-state index contributed by atoms with van der Waals surface area (Å²) in [6, 6.07) is 0. The van der Waals surface area contributed by atoms with Gasteiger partial charge in [-0.1, -0.05) is 18.5 Å². The molecule has 0 aliphatic heterocycles. The highest BCUT2D eigenvalue weighted by Gasteiger charge is 2.01. The van der Waals surface area contributed by atoms with Gasteiger partial charge in [0.25, 0.3) is 0 Å². The lowest BCUT2D eigenvalue weighted by Gasteiger charge is -2.15. The molecule has 0 aromatic carbocycles. The fraction of sp³-hybridized carbons (Fsp3) is 0.500. The lowest BCUT2D eigenvalue weighted by molar-refractivity contribution is 0.834. The van der Waals surface area contributed by atoms with Crippen molar-refractivity contribution >= 4 is 17.4 Å². The second kappa shape index (κ2) is 4.26. The molecule has 0 aliphatic carbocycles. The van der Waals surface area contributed by atoms with Gasteiger partial charge < -0.3 is 4.90 Å². The molecule has 3 nitrogen and oxygen atoms in total. The Morgan fingerprint density at radius 1 is 1.50 bits per heavy atom. The van der Waals surface area contributed by atoms with Crippen molar-refractivity contribution in [1.82, 2.24) is 9.97 Å². The molecule has 0 saturated heterocycles. The van der Waals surface area contributed by atoms with Crippen molar-refractivity contribution in [3.05, 3.63) is 17.5 Å². The van der Waals surface area contributed by atoms with E-state index >= 15 is 0 Å². The second-order valence-electron chi connectivity index (χ2n) is 2.62. The molecular formula is C8H12ClN3. The minimum atomic E-state index is 0.440. The molecule has 0 saturated carbocycles. The molecule has 0 unspecified atom stereocenters. The van der Waals surface area contributed by atoms with Crippen LogP contribution in [0.15, 0.2) is 12.4 Å². The molecule has 0 radical (unpaired) electrons. The third-order valence-electron chi connectivity index (χ3n) is 1.54. The van der Waals surface area contributed by atoms with Gasteiger partial charge in [0.2, 0.25) is 0 Å². The first-order valence-electron chi connectivity index (χ1n) is 3.92. The normalized spacial score (nSPS) is 9.92. The fourth-order valence-corrected chi connectivity index (χ4v) is 1.11. The summed E-state index contributed by atoms with van der Waals surface area (Å²) in [6.45, 7) is 3.09. The standard InChI is InChI=1S/C8H12ClN3/c1-3-4-12(2)8-6-10-5-7(9)11-8/h5-6H,3-4H2,1-2H3. The molecule has 4 heteroatoms. The highest BCUT2D eigenvalue weighted by Crippen LogP contribution is 2.10. The summed E-state index contributed by atoms with van der Waals surface area (Å²) in [6.07, 6.45) is 4.33. The van der Waals surface area contributed by atoms with Crippen LogP contribution in [-0.4, -0.2) is 23.6 Å². The Morgan fingerprint density at radius 3 is 2.83 bits per heavy atom. The van der Waals surface area contributed by atoms with Gasteiger partial charge in [0.05, 0.1) is 12.4 Å². The molecule has 0 spiro atoms. The van der Waals surface area contributed by atoms with Crippen LogP contribution >= 0.6 is 11.6 Å². The molecule has 1 rings (SSSR count). The predicted molar refractivity (Wildman–Crippen MR) is 50.6 cm³/mol. The van der Waals surface area contributed by atoms with Gasteiger partial charge in [-0.25, -0.2) is 4.98 Å². The molecule has 66 valence electrons. The van der Waals surface area contributed by atoms with Gasteiger partial charge in [-0.05, 0) is 6.42 Å². The Kier molecular flexibility index (Phi) is 3.29. The summed E-state index contributed by atoms with van der Waals surface area (Å²) in [4.78, 5) is 10.1. The van der Waals surface area contributed by atoms with E-state index in [4.69, 9.17) is 11.6 Å². The van der Waals surface area contributed by atoms with E-state index in [2.05, 4.69) is 16.9 Å². The summed E-state index contributed by atoms with van der Waals surface area (Å²) in [5, 5.41) is 0.440. The van der Waals surface area contributed by atoms with Crippen molar-refractivity contribution in [2.45, 2.75) is 13.3 Å². The molecule has 0 atom stereocenters. The van der Waals surface area contributed by atoms with Gasteiger partial charge in [0, 0.05) is 13.6 Å². The topological polar surface area (TPSA) is 29.0 Å². The lowest BCUT2D eigenvalue weighted by atomic mass is 10.4. The van der Waals surface area contributed by atoms with E-state index in [0.717, 1.165) is 18.8 Å². The summed E-state index contributed by atoms with van der Waals surface area (Å²) >= 11 is 5.69. The largest absolute Gasteiger partial charge is 0.358 e. The molecule has 0 bridgehead atoms.